The van der Waals surface area contributed by atoms with Crippen LogP contribution >= 0.6 is 11.6 Å². The number of para-hydroxylation sites is 1. The molecule has 1 atom stereocenters. The smallest absolute Gasteiger partial charge is 0.274 e. The molecule has 4 rings (SSSR count). The zero-order valence-corrected chi connectivity index (χ0v) is 19.9. The quantitative estimate of drug-likeness (QED) is 0.406. The highest BCUT2D eigenvalue weighted by Crippen LogP contribution is 2.53. The predicted molar refractivity (Wildman–Crippen MR) is 129 cm³/mol. The largest absolute Gasteiger partial charge is 0.277 e. The fourth-order valence-electron chi connectivity index (χ4n) is 5.37. The number of nitrogens with zero attached hydrogens (tertiary/aromatic N) is 2. The summed E-state index contributed by atoms with van der Waals surface area (Å²) in [6, 6.07) is 18.0. The van der Waals surface area contributed by atoms with Gasteiger partial charge in [0.1, 0.15) is 0 Å². The van der Waals surface area contributed by atoms with Crippen LogP contribution in [0.2, 0.25) is 5.02 Å². The lowest BCUT2D eigenvalue weighted by Crippen LogP contribution is -2.40. The van der Waals surface area contributed by atoms with Crippen LogP contribution in [-0.2, 0) is 19.4 Å². The van der Waals surface area contributed by atoms with Crippen molar-refractivity contribution in [1.29, 1.82) is 0 Å². The highest BCUT2D eigenvalue weighted by Gasteiger charge is 2.49. The summed E-state index contributed by atoms with van der Waals surface area (Å²) in [4.78, 5) is 13.8. The topological polar surface area (TPSA) is 26.9 Å². The minimum atomic E-state index is 0.0870. The second-order valence-corrected chi connectivity index (χ2v) is 10.1. The molecule has 0 bridgehead atoms. The van der Waals surface area contributed by atoms with Crippen molar-refractivity contribution in [2.45, 2.75) is 66.3 Å². The van der Waals surface area contributed by atoms with E-state index in [9.17, 15) is 4.79 Å². The molecule has 1 aliphatic rings. The lowest BCUT2D eigenvalue weighted by atomic mass is 9.60. The van der Waals surface area contributed by atoms with Crippen molar-refractivity contribution in [1.82, 2.24) is 9.36 Å². The second-order valence-electron chi connectivity index (χ2n) is 9.66. The predicted octanol–water partition coefficient (Wildman–Crippen LogP) is 6.66. The Bertz CT molecular complexity index is 1130. The van der Waals surface area contributed by atoms with Crippen LogP contribution in [0.4, 0.5) is 0 Å². The van der Waals surface area contributed by atoms with Crippen LogP contribution in [0.5, 0.6) is 0 Å². The molecule has 0 N–H and O–H groups in total. The minimum Gasteiger partial charge on any atom is -0.277 e. The summed E-state index contributed by atoms with van der Waals surface area (Å²) >= 11 is 6.56. The van der Waals surface area contributed by atoms with E-state index in [0.29, 0.717) is 11.6 Å². The molecule has 3 aromatic rings. The maximum atomic E-state index is 13.8. The highest BCUT2D eigenvalue weighted by atomic mass is 35.5. The normalized spacial score (nSPS) is 18.4. The molecule has 3 nitrogen and oxygen atoms in total. The van der Waals surface area contributed by atoms with Gasteiger partial charge in [-0.2, -0.15) is 0 Å². The summed E-state index contributed by atoms with van der Waals surface area (Å²) in [6.45, 7) is 9.95. The zero-order valence-electron chi connectivity index (χ0n) is 19.1. The monoisotopic (exact) mass is 436 g/mol. The molecule has 0 radical (unpaired) electrons. The van der Waals surface area contributed by atoms with Gasteiger partial charge in [-0.15, -0.1) is 0 Å². The number of fused-ring (bicyclic) bond motifs is 1. The van der Waals surface area contributed by atoms with E-state index in [0.717, 1.165) is 43.4 Å². The van der Waals surface area contributed by atoms with Crippen molar-refractivity contribution < 1.29 is 0 Å². The molecule has 0 fully saturated rings. The van der Waals surface area contributed by atoms with Crippen molar-refractivity contribution in [3.63, 3.8) is 0 Å². The standard InChI is InChI=1S/C27H33ClN2O/c1-5-16-27(26(3,4)6-2)17-21-24(18-27)29(19-20-12-8-7-9-13-20)30(25(21)31)23-15-11-10-14-22(23)28/h7-15H,5-6,16-19H2,1-4H3. The number of rotatable bonds is 7. The van der Waals surface area contributed by atoms with Gasteiger partial charge in [-0.05, 0) is 47.8 Å². The van der Waals surface area contributed by atoms with Crippen LogP contribution in [0.1, 0.15) is 63.8 Å². The molecule has 0 aliphatic heterocycles. The summed E-state index contributed by atoms with van der Waals surface area (Å²) in [5.41, 5.74) is 4.48. The molecule has 2 aromatic carbocycles. The van der Waals surface area contributed by atoms with Gasteiger partial charge in [0, 0.05) is 11.3 Å². The number of hydrogen-bond donors (Lipinski definition) is 0. The van der Waals surface area contributed by atoms with E-state index in [1.807, 2.05) is 35.0 Å². The lowest BCUT2D eigenvalue weighted by molar-refractivity contribution is 0.0599. The number of benzene rings is 2. The lowest BCUT2D eigenvalue weighted by Gasteiger charge is -2.44. The molecule has 0 saturated heterocycles. The van der Waals surface area contributed by atoms with Crippen molar-refractivity contribution in [2.75, 3.05) is 0 Å². The van der Waals surface area contributed by atoms with Crippen molar-refractivity contribution in [3.8, 4) is 5.69 Å². The van der Waals surface area contributed by atoms with Gasteiger partial charge in [-0.25, -0.2) is 4.68 Å². The number of halogens is 1. The third-order valence-corrected chi connectivity index (χ3v) is 8.00. The summed E-state index contributed by atoms with van der Waals surface area (Å²) < 4.78 is 4.01. The SMILES string of the molecule is CCCC1(C(C)(C)CC)Cc2c(n(Cc3ccccc3)n(-c3ccccc3Cl)c2=O)C1. The van der Waals surface area contributed by atoms with E-state index in [1.54, 1.807) is 0 Å². The Hall–Kier alpha value is -2.26. The second kappa shape index (κ2) is 8.35. The molecule has 164 valence electrons. The Morgan fingerprint density at radius 2 is 1.68 bits per heavy atom. The molecular weight excluding hydrogens is 404 g/mol. The first-order chi connectivity index (χ1) is 14.8. The minimum absolute atomic E-state index is 0.0870. The first-order valence-electron chi connectivity index (χ1n) is 11.5. The number of aromatic nitrogens is 2. The molecular formula is C27H33ClN2O. The third-order valence-electron chi connectivity index (χ3n) is 7.68. The van der Waals surface area contributed by atoms with Gasteiger partial charge >= 0.3 is 0 Å². The van der Waals surface area contributed by atoms with Crippen molar-refractivity contribution >= 4 is 11.6 Å². The Balaban J connectivity index is 1.91. The van der Waals surface area contributed by atoms with E-state index in [-0.39, 0.29) is 16.4 Å². The van der Waals surface area contributed by atoms with E-state index in [2.05, 4.69) is 56.6 Å². The van der Waals surface area contributed by atoms with Gasteiger partial charge < -0.3 is 0 Å². The fraction of sp³-hybridized carbons (Fsp3) is 0.444. The highest BCUT2D eigenvalue weighted by molar-refractivity contribution is 6.32. The van der Waals surface area contributed by atoms with Gasteiger partial charge in [0.25, 0.3) is 5.56 Å². The first-order valence-corrected chi connectivity index (χ1v) is 11.8. The Labute approximate surface area is 190 Å². The summed E-state index contributed by atoms with van der Waals surface area (Å²) in [6.07, 6.45) is 5.16. The van der Waals surface area contributed by atoms with Gasteiger partial charge in [0.05, 0.1) is 17.3 Å². The molecule has 1 aromatic heterocycles. The Morgan fingerprint density at radius 1 is 1.00 bits per heavy atom. The van der Waals surface area contributed by atoms with Crippen molar-refractivity contribution in [3.05, 3.63) is 86.8 Å². The first kappa shape index (κ1) is 22.0. The van der Waals surface area contributed by atoms with Crippen LogP contribution in [-0.4, -0.2) is 9.36 Å². The Morgan fingerprint density at radius 3 is 2.32 bits per heavy atom. The zero-order chi connectivity index (χ0) is 22.2. The summed E-state index contributed by atoms with van der Waals surface area (Å²) in [5, 5.41) is 0.601. The Kier molecular flexibility index (Phi) is 5.91. The van der Waals surface area contributed by atoms with E-state index >= 15 is 0 Å². The van der Waals surface area contributed by atoms with Crippen LogP contribution in [0.25, 0.3) is 5.69 Å². The van der Waals surface area contributed by atoms with Gasteiger partial charge in [-0.1, -0.05) is 94.6 Å². The van der Waals surface area contributed by atoms with Gasteiger partial charge in [0.2, 0.25) is 0 Å². The fourth-order valence-corrected chi connectivity index (χ4v) is 5.58. The van der Waals surface area contributed by atoms with E-state index in [1.165, 1.54) is 11.3 Å². The summed E-state index contributed by atoms with van der Waals surface area (Å²) in [5.74, 6) is 0. The average Bonchev–Trinajstić information content (AvgIpc) is 3.26. The van der Waals surface area contributed by atoms with Gasteiger partial charge in [0.15, 0.2) is 0 Å². The molecule has 31 heavy (non-hydrogen) atoms. The van der Waals surface area contributed by atoms with Crippen LogP contribution in [0, 0.1) is 10.8 Å². The molecule has 0 amide bonds. The van der Waals surface area contributed by atoms with E-state index in [4.69, 9.17) is 11.6 Å². The molecule has 1 aliphatic carbocycles. The van der Waals surface area contributed by atoms with Gasteiger partial charge in [-0.3, -0.25) is 9.48 Å². The van der Waals surface area contributed by atoms with Crippen LogP contribution in [0.3, 0.4) is 0 Å². The molecule has 1 heterocycles. The van der Waals surface area contributed by atoms with Crippen LogP contribution in [0.15, 0.2) is 59.4 Å². The number of hydrogen-bond acceptors (Lipinski definition) is 1. The van der Waals surface area contributed by atoms with E-state index < -0.39 is 0 Å². The molecule has 1 unspecified atom stereocenters. The summed E-state index contributed by atoms with van der Waals surface area (Å²) in [7, 11) is 0. The van der Waals surface area contributed by atoms with Crippen molar-refractivity contribution in [2.24, 2.45) is 10.8 Å². The maximum absolute atomic E-state index is 13.8. The molecule has 0 spiro atoms. The molecule has 4 heteroatoms. The third kappa shape index (κ3) is 3.67. The molecule has 0 saturated carbocycles. The average molecular weight is 437 g/mol. The maximum Gasteiger partial charge on any atom is 0.274 e. The van der Waals surface area contributed by atoms with Crippen LogP contribution < -0.4 is 5.56 Å².